The zero-order chi connectivity index (χ0) is 13.4. The molecular formula is C13H17N3OS2. The zero-order valence-electron chi connectivity index (χ0n) is 10.9. The monoisotopic (exact) mass is 295 g/mol. The number of hydrogen-bond acceptors (Lipinski definition) is 5. The van der Waals surface area contributed by atoms with Crippen molar-refractivity contribution in [2.75, 3.05) is 6.54 Å². The van der Waals surface area contributed by atoms with Crippen molar-refractivity contribution in [3.63, 3.8) is 0 Å². The van der Waals surface area contributed by atoms with Crippen molar-refractivity contribution in [2.45, 2.75) is 36.0 Å². The van der Waals surface area contributed by atoms with E-state index in [1.165, 1.54) is 14.6 Å². The number of fused-ring (bicyclic) bond motifs is 1. The molecule has 0 aliphatic carbocycles. The molecule has 0 saturated carbocycles. The largest absolute Gasteiger partial charge is 0.374 e. The van der Waals surface area contributed by atoms with Crippen LogP contribution < -0.4 is 5.32 Å². The lowest BCUT2D eigenvalue weighted by molar-refractivity contribution is 0.130. The molecule has 6 heteroatoms. The van der Waals surface area contributed by atoms with Crippen LogP contribution in [0.4, 0.5) is 0 Å². The molecule has 102 valence electrons. The van der Waals surface area contributed by atoms with Gasteiger partial charge in [0.25, 0.3) is 0 Å². The highest BCUT2D eigenvalue weighted by molar-refractivity contribution is 8.01. The summed E-state index contributed by atoms with van der Waals surface area (Å²) >= 11 is 3.58. The fraction of sp³-hybridized carbons (Fsp3) is 0.462. The number of aromatic nitrogens is 2. The maximum Gasteiger partial charge on any atom is 0.133 e. The van der Waals surface area contributed by atoms with Crippen LogP contribution in [0, 0.1) is 0 Å². The van der Waals surface area contributed by atoms with Crippen molar-refractivity contribution in [1.29, 1.82) is 0 Å². The van der Waals surface area contributed by atoms with Crippen LogP contribution >= 0.6 is 23.1 Å². The first kappa shape index (κ1) is 13.2. The van der Waals surface area contributed by atoms with E-state index in [2.05, 4.69) is 29.4 Å². The van der Waals surface area contributed by atoms with E-state index < -0.39 is 6.23 Å². The van der Waals surface area contributed by atoms with Crippen LogP contribution in [0.15, 0.2) is 16.5 Å². The number of thioether (sulfide) groups is 1. The number of nitrogens with zero attached hydrogens (tertiary/aromatic N) is 1. The number of nitrogens with one attached hydrogen (secondary N) is 2. The summed E-state index contributed by atoms with van der Waals surface area (Å²) in [7, 11) is 0. The van der Waals surface area contributed by atoms with E-state index in [0.717, 1.165) is 24.2 Å². The number of thiophene rings is 1. The average molecular weight is 295 g/mol. The Morgan fingerprint density at radius 2 is 2.37 bits per heavy atom. The summed E-state index contributed by atoms with van der Waals surface area (Å²) in [6.45, 7) is 5.17. The molecule has 0 bridgehead atoms. The quantitative estimate of drug-likeness (QED) is 0.762. The Morgan fingerprint density at radius 1 is 1.53 bits per heavy atom. The fourth-order valence-corrected chi connectivity index (χ4v) is 5.22. The highest BCUT2D eigenvalue weighted by Crippen LogP contribution is 2.45. The summed E-state index contributed by atoms with van der Waals surface area (Å²) in [6, 6.07) is 1.99. The van der Waals surface area contributed by atoms with E-state index in [0.29, 0.717) is 5.25 Å². The molecule has 1 aliphatic heterocycles. The van der Waals surface area contributed by atoms with Gasteiger partial charge in [0.15, 0.2) is 0 Å². The van der Waals surface area contributed by atoms with Gasteiger partial charge < -0.3 is 5.11 Å². The summed E-state index contributed by atoms with van der Waals surface area (Å²) in [6.07, 6.45) is 2.18. The van der Waals surface area contributed by atoms with E-state index in [4.69, 9.17) is 0 Å². The lowest BCUT2D eigenvalue weighted by Crippen LogP contribution is -2.29. The van der Waals surface area contributed by atoms with Crippen LogP contribution in [0.25, 0.3) is 10.6 Å². The van der Waals surface area contributed by atoms with Gasteiger partial charge in [0.05, 0.1) is 14.8 Å². The van der Waals surface area contributed by atoms with Gasteiger partial charge in [-0.3, -0.25) is 10.4 Å². The summed E-state index contributed by atoms with van der Waals surface area (Å²) in [4.78, 5) is 1.22. The summed E-state index contributed by atoms with van der Waals surface area (Å²) < 4.78 is 1.22. The second-order valence-electron chi connectivity index (χ2n) is 4.85. The van der Waals surface area contributed by atoms with Crippen LogP contribution in [-0.4, -0.2) is 27.1 Å². The molecular weight excluding hydrogens is 278 g/mol. The second-order valence-corrected chi connectivity index (χ2v) is 7.72. The van der Waals surface area contributed by atoms with E-state index >= 15 is 0 Å². The third-order valence-corrected chi connectivity index (χ3v) is 5.61. The molecule has 3 rings (SSSR count). The molecule has 2 aromatic rings. The minimum Gasteiger partial charge on any atom is -0.374 e. The van der Waals surface area contributed by atoms with E-state index in [9.17, 15) is 5.11 Å². The normalized spacial score (nSPS) is 18.8. The number of rotatable bonds is 3. The van der Waals surface area contributed by atoms with Crippen molar-refractivity contribution in [2.24, 2.45) is 0 Å². The third-order valence-electron chi connectivity index (χ3n) is 3.09. The van der Waals surface area contributed by atoms with Crippen molar-refractivity contribution >= 4 is 23.1 Å². The molecule has 19 heavy (non-hydrogen) atoms. The minimum absolute atomic E-state index is 0.506. The molecule has 0 saturated heterocycles. The first-order valence-electron chi connectivity index (χ1n) is 6.40. The summed E-state index contributed by atoms with van der Waals surface area (Å²) in [5.41, 5.74) is 3.38. The van der Waals surface area contributed by atoms with Gasteiger partial charge in [-0.05, 0) is 18.1 Å². The van der Waals surface area contributed by atoms with Crippen LogP contribution in [0.3, 0.4) is 0 Å². The topological polar surface area (TPSA) is 60.9 Å². The summed E-state index contributed by atoms with van der Waals surface area (Å²) in [5.74, 6) is 0. The fourth-order valence-electron chi connectivity index (χ4n) is 2.32. The van der Waals surface area contributed by atoms with E-state index in [1.807, 2.05) is 17.8 Å². The molecule has 4 nitrogen and oxygen atoms in total. The van der Waals surface area contributed by atoms with Crippen LogP contribution in [0.2, 0.25) is 0 Å². The molecule has 0 amide bonds. The Kier molecular flexibility index (Phi) is 3.66. The number of hydrogen-bond donors (Lipinski definition) is 3. The predicted molar refractivity (Wildman–Crippen MR) is 79.6 cm³/mol. The predicted octanol–water partition coefficient (Wildman–Crippen LogP) is 2.78. The second kappa shape index (κ2) is 5.28. The molecule has 1 atom stereocenters. The van der Waals surface area contributed by atoms with Crippen LogP contribution in [0.5, 0.6) is 0 Å². The molecule has 3 heterocycles. The Balaban J connectivity index is 2.11. The van der Waals surface area contributed by atoms with Gasteiger partial charge in [-0.25, -0.2) is 0 Å². The molecule has 2 aromatic heterocycles. The van der Waals surface area contributed by atoms with E-state index in [-0.39, 0.29) is 0 Å². The zero-order valence-corrected chi connectivity index (χ0v) is 12.6. The summed E-state index contributed by atoms with van der Waals surface area (Å²) in [5, 5.41) is 20.9. The van der Waals surface area contributed by atoms with Gasteiger partial charge >= 0.3 is 0 Å². The molecule has 1 aliphatic rings. The molecule has 3 N–H and O–H groups in total. The molecule has 0 aromatic carbocycles. The first-order chi connectivity index (χ1) is 9.16. The van der Waals surface area contributed by atoms with Gasteiger partial charge in [-0.15, -0.1) is 23.1 Å². The number of aliphatic hydroxyl groups is 1. The van der Waals surface area contributed by atoms with Gasteiger partial charge in [0.1, 0.15) is 6.23 Å². The highest BCUT2D eigenvalue weighted by Gasteiger charge is 2.28. The number of H-pyrrole nitrogens is 1. The lowest BCUT2D eigenvalue weighted by atomic mass is 10.0. The maximum atomic E-state index is 10.2. The molecule has 0 fully saturated rings. The minimum atomic E-state index is -0.544. The van der Waals surface area contributed by atoms with Crippen molar-refractivity contribution in [1.82, 2.24) is 15.5 Å². The third kappa shape index (κ3) is 2.45. The van der Waals surface area contributed by atoms with Gasteiger partial charge in [-0.1, -0.05) is 13.8 Å². The van der Waals surface area contributed by atoms with Gasteiger partial charge in [0, 0.05) is 23.6 Å². The standard InChI is InChI=1S/C13H17N3OS2/c1-7(2)18-13-10-8(3-5-14-12(10)17)11(19-13)9-4-6-15-16-9/h4,6-7,12,14,17H,3,5H2,1-2H3,(H,15,16). The number of aliphatic hydroxyl groups excluding tert-OH is 1. The average Bonchev–Trinajstić information content (AvgIpc) is 2.96. The smallest absolute Gasteiger partial charge is 0.133 e. The molecule has 0 radical (unpaired) electrons. The Bertz CT molecular complexity index is 563. The first-order valence-corrected chi connectivity index (χ1v) is 8.10. The Morgan fingerprint density at radius 3 is 3.05 bits per heavy atom. The SMILES string of the molecule is CC(C)Sc1sc(-c2ccn[nH]2)c2c1C(O)NCC2. The van der Waals surface area contributed by atoms with E-state index in [1.54, 1.807) is 17.5 Å². The van der Waals surface area contributed by atoms with Crippen molar-refractivity contribution in [3.05, 3.63) is 23.4 Å². The van der Waals surface area contributed by atoms with Gasteiger partial charge in [-0.2, -0.15) is 5.10 Å². The lowest BCUT2D eigenvalue weighted by Gasteiger charge is -2.21. The Labute approximate surface area is 120 Å². The highest BCUT2D eigenvalue weighted by atomic mass is 32.2. The van der Waals surface area contributed by atoms with Crippen LogP contribution in [0.1, 0.15) is 31.2 Å². The van der Waals surface area contributed by atoms with Crippen molar-refractivity contribution < 1.29 is 5.11 Å². The van der Waals surface area contributed by atoms with Crippen molar-refractivity contribution in [3.8, 4) is 10.6 Å². The molecule has 1 unspecified atom stereocenters. The van der Waals surface area contributed by atoms with Gasteiger partial charge in [0.2, 0.25) is 0 Å². The van der Waals surface area contributed by atoms with Crippen LogP contribution in [-0.2, 0) is 6.42 Å². The molecule has 0 spiro atoms. The Hall–Kier alpha value is -0.820. The maximum absolute atomic E-state index is 10.2. The number of aromatic amines is 1.